The minimum absolute atomic E-state index is 0.0498. The first-order valence-corrected chi connectivity index (χ1v) is 25.4. The maximum Gasteiger partial charge on any atom is 0.472 e. The zero-order valence-electron chi connectivity index (χ0n) is 39.8. The lowest BCUT2D eigenvalue weighted by Crippen LogP contribution is -2.45. The maximum atomic E-state index is 12.8. The molecule has 0 aromatic rings. The van der Waals surface area contributed by atoms with E-state index < -0.39 is 20.0 Å². The molecule has 0 spiro atoms. The van der Waals surface area contributed by atoms with Gasteiger partial charge in [-0.1, -0.05) is 180 Å². The molecule has 352 valence electrons. The van der Waals surface area contributed by atoms with Gasteiger partial charge in [-0.3, -0.25) is 13.8 Å². The third-order valence-electron chi connectivity index (χ3n) is 9.69. The monoisotopic (exact) mass is 882 g/mol. The second kappa shape index (κ2) is 43.2. The molecule has 0 saturated carbocycles. The Morgan fingerprint density at radius 1 is 0.565 bits per heavy atom. The number of aliphatic hydroxyl groups excluding tert-OH is 1. The van der Waals surface area contributed by atoms with Crippen molar-refractivity contribution >= 4 is 13.7 Å². The van der Waals surface area contributed by atoms with Crippen molar-refractivity contribution in [3.8, 4) is 0 Å². The summed E-state index contributed by atoms with van der Waals surface area (Å²) in [6.45, 7) is 4.58. The fourth-order valence-corrected chi connectivity index (χ4v) is 6.65. The van der Waals surface area contributed by atoms with Crippen molar-refractivity contribution in [1.29, 1.82) is 0 Å². The van der Waals surface area contributed by atoms with Gasteiger partial charge in [-0.2, -0.15) is 0 Å². The van der Waals surface area contributed by atoms with E-state index in [2.05, 4.69) is 129 Å². The van der Waals surface area contributed by atoms with E-state index in [1.165, 1.54) is 19.3 Å². The molecule has 0 aromatic heterocycles. The summed E-state index contributed by atoms with van der Waals surface area (Å²) in [6.07, 6.45) is 64.5. The van der Waals surface area contributed by atoms with Crippen molar-refractivity contribution in [2.24, 2.45) is 0 Å². The van der Waals surface area contributed by atoms with Crippen molar-refractivity contribution in [3.05, 3.63) is 122 Å². The molecule has 9 heteroatoms. The Morgan fingerprint density at radius 3 is 1.42 bits per heavy atom. The molecule has 0 aliphatic rings. The smallest absolute Gasteiger partial charge is 0.387 e. The number of allylic oxidation sites excluding steroid dienone is 19. The highest BCUT2D eigenvalue weighted by Gasteiger charge is 2.27. The van der Waals surface area contributed by atoms with Crippen LogP contribution in [0.5, 0.6) is 0 Å². The third kappa shape index (κ3) is 44.9. The Morgan fingerprint density at radius 2 is 0.968 bits per heavy atom. The topological polar surface area (TPSA) is 105 Å². The van der Waals surface area contributed by atoms with Gasteiger partial charge in [0.15, 0.2) is 0 Å². The number of rotatable bonds is 41. The Labute approximate surface area is 380 Å². The van der Waals surface area contributed by atoms with Crippen LogP contribution >= 0.6 is 7.82 Å². The summed E-state index contributed by atoms with van der Waals surface area (Å²) in [5.41, 5.74) is 0. The van der Waals surface area contributed by atoms with Gasteiger partial charge in [-0.05, 0) is 89.9 Å². The van der Waals surface area contributed by atoms with Crippen LogP contribution in [0.3, 0.4) is 0 Å². The van der Waals surface area contributed by atoms with Crippen LogP contribution in [0, 0.1) is 0 Å². The lowest BCUT2D eigenvalue weighted by Gasteiger charge is -2.25. The first-order chi connectivity index (χ1) is 30.0. The predicted octanol–water partition coefficient (Wildman–Crippen LogP) is 13.9. The number of likely N-dealkylation sites (N-methyl/N-ethyl adjacent to an activating group) is 1. The van der Waals surface area contributed by atoms with Gasteiger partial charge in [0.1, 0.15) is 13.2 Å². The van der Waals surface area contributed by atoms with Crippen LogP contribution in [-0.4, -0.2) is 73.4 Å². The molecular formula is C53H90N2O6P+. The number of phosphoric acid groups is 1. The van der Waals surface area contributed by atoms with E-state index in [4.69, 9.17) is 9.05 Å². The summed E-state index contributed by atoms with van der Waals surface area (Å²) in [4.78, 5) is 23.0. The van der Waals surface area contributed by atoms with Gasteiger partial charge in [0.05, 0.1) is 39.9 Å². The number of phosphoric ester groups is 1. The van der Waals surface area contributed by atoms with E-state index in [9.17, 15) is 19.4 Å². The van der Waals surface area contributed by atoms with Crippen LogP contribution in [0.1, 0.15) is 155 Å². The highest BCUT2D eigenvalue weighted by Crippen LogP contribution is 2.43. The maximum absolute atomic E-state index is 12.8. The molecule has 0 bridgehead atoms. The van der Waals surface area contributed by atoms with Crippen LogP contribution < -0.4 is 5.32 Å². The van der Waals surface area contributed by atoms with Crippen molar-refractivity contribution in [3.63, 3.8) is 0 Å². The molecule has 0 rings (SSSR count). The number of quaternary nitrogens is 1. The number of nitrogens with zero attached hydrogens (tertiary/aromatic N) is 1. The molecule has 3 unspecified atom stereocenters. The fourth-order valence-electron chi connectivity index (χ4n) is 5.91. The number of carbonyl (C=O) groups excluding carboxylic acids is 1. The summed E-state index contributed by atoms with van der Waals surface area (Å²) >= 11 is 0. The first kappa shape index (κ1) is 58.9. The number of aliphatic hydroxyl groups is 1. The summed E-state index contributed by atoms with van der Waals surface area (Å²) in [7, 11) is 1.53. The van der Waals surface area contributed by atoms with Crippen LogP contribution in [-0.2, 0) is 18.4 Å². The molecular weight excluding hydrogens is 792 g/mol. The van der Waals surface area contributed by atoms with Gasteiger partial charge in [0.25, 0.3) is 0 Å². The molecule has 0 aliphatic carbocycles. The van der Waals surface area contributed by atoms with Crippen LogP contribution in [0.4, 0.5) is 0 Å². The first-order valence-electron chi connectivity index (χ1n) is 23.9. The molecule has 3 N–H and O–H groups in total. The second-order valence-corrected chi connectivity index (χ2v) is 18.2. The fraction of sp³-hybridized carbons (Fsp3) is 0.604. The summed E-state index contributed by atoms with van der Waals surface area (Å²) in [5, 5.41) is 13.7. The molecule has 0 aliphatic heterocycles. The zero-order valence-corrected chi connectivity index (χ0v) is 40.7. The van der Waals surface area contributed by atoms with Crippen LogP contribution in [0.25, 0.3) is 0 Å². The van der Waals surface area contributed by atoms with Gasteiger partial charge in [0.2, 0.25) is 5.91 Å². The van der Waals surface area contributed by atoms with Gasteiger partial charge >= 0.3 is 7.82 Å². The summed E-state index contributed by atoms with van der Waals surface area (Å²) < 4.78 is 23.4. The molecule has 1 amide bonds. The lowest BCUT2D eigenvalue weighted by molar-refractivity contribution is -0.870. The van der Waals surface area contributed by atoms with E-state index in [0.717, 1.165) is 116 Å². The second-order valence-electron chi connectivity index (χ2n) is 16.8. The molecule has 0 saturated heterocycles. The zero-order chi connectivity index (χ0) is 45.7. The van der Waals surface area contributed by atoms with Crippen molar-refractivity contribution in [1.82, 2.24) is 5.32 Å². The number of nitrogens with one attached hydrogen (secondary N) is 1. The van der Waals surface area contributed by atoms with Crippen LogP contribution in [0.2, 0.25) is 0 Å². The predicted molar refractivity (Wildman–Crippen MR) is 267 cm³/mol. The number of unbranched alkanes of at least 4 members (excludes halogenated alkanes) is 10. The number of amides is 1. The average molecular weight is 882 g/mol. The van der Waals surface area contributed by atoms with Crippen molar-refractivity contribution in [2.45, 2.75) is 167 Å². The number of carbonyl (C=O) groups is 1. The molecule has 8 nitrogen and oxygen atoms in total. The molecule has 0 fully saturated rings. The Bertz CT molecular complexity index is 1410. The Hall–Kier alpha value is -3.10. The number of hydrogen-bond donors (Lipinski definition) is 3. The SMILES string of the molecule is CC/C=C\C/C=C\C/C=C\C/C=C\C/C=C\C/C=C\C/C=C\C/C=C\C/C=C\CCCCCCCC(=O)NC(COP(=O)(O)OCC[N+](C)(C)C)C(O)/C=C/CCCCCCC. The lowest BCUT2D eigenvalue weighted by atomic mass is 10.1. The molecule has 0 heterocycles. The van der Waals surface area contributed by atoms with E-state index in [0.29, 0.717) is 17.4 Å². The third-order valence-corrected chi connectivity index (χ3v) is 10.7. The van der Waals surface area contributed by atoms with Crippen molar-refractivity contribution in [2.75, 3.05) is 40.9 Å². The van der Waals surface area contributed by atoms with Gasteiger partial charge in [0, 0.05) is 6.42 Å². The molecule has 0 aromatic carbocycles. The minimum Gasteiger partial charge on any atom is -0.387 e. The standard InChI is InChI=1S/C53H89N2O6P/c1-6-8-10-12-14-15-16-17-18-19-20-21-22-23-24-25-26-27-28-29-30-31-32-33-34-35-36-37-38-39-41-43-45-47-53(57)54-51(52(56)46-44-42-40-13-11-9-7-2)50-61-62(58,59)60-49-48-55(3,4)5/h8,10,14-15,17-18,20-21,23-24,26-27,29-30,32-33,35-36,44,46,51-52,56H,6-7,9,11-13,16,19,22,25,28,31,34,37-43,45,47-50H2,1-5H3,(H-,54,57,58,59)/p+1/b10-8-,15-14-,18-17-,21-20-,24-23-,27-26-,30-29-,33-32-,36-35-,46-44+. The van der Waals surface area contributed by atoms with Gasteiger partial charge in [-0.15, -0.1) is 0 Å². The molecule has 62 heavy (non-hydrogen) atoms. The molecule has 3 atom stereocenters. The largest absolute Gasteiger partial charge is 0.472 e. The van der Waals surface area contributed by atoms with Crippen molar-refractivity contribution < 1.29 is 32.9 Å². The Balaban J connectivity index is 4.17. The molecule has 0 radical (unpaired) electrons. The van der Waals surface area contributed by atoms with Gasteiger partial charge < -0.3 is 19.8 Å². The van der Waals surface area contributed by atoms with E-state index in [1.807, 2.05) is 27.2 Å². The van der Waals surface area contributed by atoms with E-state index in [-0.39, 0.29) is 19.1 Å². The normalized spacial score (nSPS) is 15.3. The average Bonchev–Trinajstić information content (AvgIpc) is 3.23. The minimum atomic E-state index is -4.34. The highest BCUT2D eigenvalue weighted by atomic mass is 31.2. The quantitative estimate of drug-likeness (QED) is 0.0244. The van der Waals surface area contributed by atoms with E-state index >= 15 is 0 Å². The highest BCUT2D eigenvalue weighted by molar-refractivity contribution is 7.47. The summed E-state index contributed by atoms with van der Waals surface area (Å²) in [6, 6.07) is -0.863. The number of hydrogen-bond acceptors (Lipinski definition) is 5. The Kier molecular flexibility index (Phi) is 41.0. The summed E-state index contributed by atoms with van der Waals surface area (Å²) in [5.74, 6) is -0.208. The van der Waals surface area contributed by atoms with Crippen LogP contribution in [0.15, 0.2) is 122 Å². The van der Waals surface area contributed by atoms with Gasteiger partial charge in [-0.25, -0.2) is 4.57 Å². The van der Waals surface area contributed by atoms with E-state index in [1.54, 1.807) is 6.08 Å².